The topological polar surface area (TPSA) is 93.1 Å². The molecule has 0 saturated carbocycles. The summed E-state index contributed by atoms with van der Waals surface area (Å²) in [4.78, 5) is 44.1. The third-order valence-corrected chi connectivity index (χ3v) is 5.28. The molecule has 31 heavy (non-hydrogen) atoms. The number of carbonyl (C=O) groups is 3. The lowest BCUT2D eigenvalue weighted by atomic mass is 10.2. The van der Waals surface area contributed by atoms with Crippen molar-refractivity contribution in [3.8, 4) is 0 Å². The van der Waals surface area contributed by atoms with Gasteiger partial charge in [0.2, 0.25) is 0 Å². The molecule has 164 valence electrons. The Labute approximate surface area is 182 Å². The van der Waals surface area contributed by atoms with Gasteiger partial charge in [0.25, 0.3) is 17.6 Å². The van der Waals surface area contributed by atoms with Gasteiger partial charge in [0, 0.05) is 24.3 Å². The minimum absolute atomic E-state index is 0.0507. The lowest BCUT2D eigenvalue weighted by Gasteiger charge is -2.18. The van der Waals surface area contributed by atoms with E-state index in [0.29, 0.717) is 29.9 Å². The molecule has 0 atom stereocenters. The van der Waals surface area contributed by atoms with Gasteiger partial charge < -0.3 is 15.0 Å². The Morgan fingerprint density at radius 2 is 1.74 bits per heavy atom. The van der Waals surface area contributed by atoms with Crippen LogP contribution >= 0.6 is 0 Å². The van der Waals surface area contributed by atoms with E-state index in [2.05, 4.69) is 15.2 Å². The Balaban J connectivity index is 1.55. The lowest BCUT2D eigenvalue weighted by molar-refractivity contribution is -0.364. The molecule has 8 heteroatoms. The Kier molecular flexibility index (Phi) is 7.59. The highest BCUT2D eigenvalue weighted by Crippen LogP contribution is 2.20. The number of benzene rings is 1. The number of anilines is 2. The van der Waals surface area contributed by atoms with Crippen molar-refractivity contribution in [3.05, 3.63) is 53.7 Å². The largest absolute Gasteiger partial charge is 0.452 e. The summed E-state index contributed by atoms with van der Waals surface area (Å²) in [6.07, 6.45) is 3.93. The van der Waals surface area contributed by atoms with Crippen molar-refractivity contribution in [1.29, 1.82) is 0 Å². The van der Waals surface area contributed by atoms with Crippen molar-refractivity contribution in [2.24, 2.45) is 0 Å². The average Bonchev–Trinajstić information content (AvgIpc) is 3.33. The minimum atomic E-state index is -0.547. The summed E-state index contributed by atoms with van der Waals surface area (Å²) in [5, 5.41) is 2.68. The molecule has 1 saturated heterocycles. The first-order valence-corrected chi connectivity index (χ1v) is 10.7. The molecule has 1 aliphatic rings. The van der Waals surface area contributed by atoms with Crippen molar-refractivity contribution in [1.82, 2.24) is 4.90 Å². The van der Waals surface area contributed by atoms with E-state index in [1.807, 2.05) is 13.8 Å². The second kappa shape index (κ2) is 10.6. The van der Waals surface area contributed by atoms with Crippen molar-refractivity contribution in [3.63, 3.8) is 0 Å². The number of rotatable bonds is 8. The average molecular weight is 426 g/mol. The summed E-state index contributed by atoms with van der Waals surface area (Å²) in [5.41, 5.74) is 1.50. The van der Waals surface area contributed by atoms with Crippen LogP contribution in [0.5, 0.6) is 0 Å². The predicted molar refractivity (Wildman–Crippen MR) is 117 cm³/mol. The van der Waals surface area contributed by atoms with Crippen molar-refractivity contribution >= 4 is 29.3 Å². The summed E-state index contributed by atoms with van der Waals surface area (Å²) >= 11 is 0. The number of hydrogen-bond donors (Lipinski definition) is 1. The van der Waals surface area contributed by atoms with Gasteiger partial charge in [-0.3, -0.25) is 14.5 Å². The molecule has 1 fully saturated rings. The SMILES string of the molecule is CCN(CC)C(=O)c1ccc(NC(=O)COC(=O)c2ccc[nH+]c2N2CCCC2)cc1. The van der Waals surface area contributed by atoms with Gasteiger partial charge in [0.05, 0.1) is 19.3 Å². The lowest BCUT2D eigenvalue weighted by Crippen LogP contribution is -2.30. The van der Waals surface area contributed by atoms with E-state index in [0.717, 1.165) is 31.7 Å². The minimum Gasteiger partial charge on any atom is -0.452 e. The smallest absolute Gasteiger partial charge is 0.347 e. The maximum Gasteiger partial charge on any atom is 0.347 e. The zero-order valence-corrected chi connectivity index (χ0v) is 18.0. The number of aromatic amines is 1. The van der Waals surface area contributed by atoms with E-state index in [1.54, 1.807) is 47.5 Å². The molecular formula is C23H29N4O4+. The first kappa shape index (κ1) is 22.3. The van der Waals surface area contributed by atoms with E-state index in [1.165, 1.54) is 0 Å². The summed E-state index contributed by atoms with van der Waals surface area (Å²) < 4.78 is 5.23. The molecule has 0 radical (unpaired) electrons. The van der Waals surface area contributed by atoms with Gasteiger partial charge >= 0.3 is 5.97 Å². The fourth-order valence-electron chi connectivity index (χ4n) is 3.59. The Morgan fingerprint density at radius 1 is 1.06 bits per heavy atom. The quantitative estimate of drug-likeness (QED) is 0.656. The van der Waals surface area contributed by atoms with E-state index in [4.69, 9.17) is 4.74 Å². The van der Waals surface area contributed by atoms with Crippen molar-refractivity contribution in [2.45, 2.75) is 26.7 Å². The highest BCUT2D eigenvalue weighted by Gasteiger charge is 2.27. The fraction of sp³-hybridized carbons (Fsp3) is 0.391. The molecule has 0 unspecified atom stereocenters. The molecule has 2 amide bonds. The number of carbonyl (C=O) groups excluding carboxylic acids is 3. The molecule has 8 nitrogen and oxygen atoms in total. The number of pyridine rings is 1. The van der Waals surface area contributed by atoms with Crippen LogP contribution in [-0.2, 0) is 9.53 Å². The zero-order chi connectivity index (χ0) is 22.2. The molecule has 2 N–H and O–H groups in total. The van der Waals surface area contributed by atoms with E-state index < -0.39 is 18.5 Å². The molecule has 1 aromatic heterocycles. The maximum absolute atomic E-state index is 12.5. The van der Waals surface area contributed by atoms with Crippen LogP contribution in [0.1, 0.15) is 47.4 Å². The van der Waals surface area contributed by atoms with Gasteiger partial charge in [-0.05, 0) is 63.1 Å². The van der Waals surface area contributed by atoms with Gasteiger partial charge in [0.15, 0.2) is 6.61 Å². The van der Waals surface area contributed by atoms with Crippen LogP contribution in [0.15, 0.2) is 42.6 Å². The van der Waals surface area contributed by atoms with Gasteiger partial charge in [-0.2, -0.15) is 0 Å². The standard InChI is InChI=1S/C23H28N4O4/c1-3-26(4-2)22(29)17-9-11-18(12-10-17)25-20(28)16-31-23(30)19-8-7-13-24-21(19)27-14-5-6-15-27/h7-13H,3-6,14-16H2,1-2H3,(H,25,28)/p+1. The Bertz CT molecular complexity index is 919. The van der Waals surface area contributed by atoms with Crippen LogP contribution in [-0.4, -0.2) is 55.5 Å². The normalized spacial score (nSPS) is 13.0. The zero-order valence-electron chi connectivity index (χ0n) is 18.0. The first-order chi connectivity index (χ1) is 15.0. The van der Waals surface area contributed by atoms with E-state index in [-0.39, 0.29) is 5.91 Å². The second-order valence-corrected chi connectivity index (χ2v) is 7.31. The number of ether oxygens (including phenoxy) is 1. The first-order valence-electron chi connectivity index (χ1n) is 10.7. The number of aromatic nitrogens is 1. The summed E-state index contributed by atoms with van der Waals surface area (Å²) in [6, 6.07) is 10.1. The molecule has 0 bridgehead atoms. The maximum atomic E-state index is 12.5. The molecule has 3 rings (SSSR count). The van der Waals surface area contributed by atoms with Crippen molar-refractivity contribution < 1.29 is 24.1 Å². The van der Waals surface area contributed by atoms with Crippen LogP contribution in [0.4, 0.5) is 11.5 Å². The third-order valence-electron chi connectivity index (χ3n) is 5.28. The molecule has 0 aliphatic carbocycles. The Morgan fingerprint density at radius 3 is 2.39 bits per heavy atom. The monoisotopic (exact) mass is 425 g/mol. The molecule has 1 aromatic carbocycles. The van der Waals surface area contributed by atoms with Crippen LogP contribution in [0, 0.1) is 0 Å². The number of nitrogens with one attached hydrogen (secondary N) is 2. The van der Waals surface area contributed by atoms with Gasteiger partial charge in [-0.15, -0.1) is 0 Å². The predicted octanol–water partition coefficient (Wildman–Crippen LogP) is 2.38. The fourth-order valence-corrected chi connectivity index (χ4v) is 3.59. The second-order valence-electron chi connectivity index (χ2n) is 7.31. The van der Waals surface area contributed by atoms with Gasteiger partial charge in [-0.1, -0.05) is 0 Å². The molecule has 0 spiro atoms. The van der Waals surface area contributed by atoms with Gasteiger partial charge in [-0.25, -0.2) is 9.78 Å². The van der Waals surface area contributed by atoms with Crippen molar-refractivity contribution in [2.75, 3.05) is 43.0 Å². The summed E-state index contributed by atoms with van der Waals surface area (Å²) in [5.74, 6) is -0.322. The van der Waals surface area contributed by atoms with E-state index >= 15 is 0 Å². The highest BCUT2D eigenvalue weighted by molar-refractivity contribution is 5.98. The summed E-state index contributed by atoms with van der Waals surface area (Å²) in [7, 11) is 0. The van der Waals surface area contributed by atoms with Crippen LogP contribution in [0.2, 0.25) is 0 Å². The molecule has 2 heterocycles. The third kappa shape index (κ3) is 5.59. The van der Waals surface area contributed by atoms with Crippen LogP contribution in [0.25, 0.3) is 0 Å². The van der Waals surface area contributed by atoms with Crippen LogP contribution < -0.4 is 15.2 Å². The van der Waals surface area contributed by atoms with Crippen LogP contribution in [0.3, 0.4) is 0 Å². The summed E-state index contributed by atoms with van der Waals surface area (Å²) in [6.45, 7) is 6.50. The highest BCUT2D eigenvalue weighted by atomic mass is 16.5. The number of nitrogens with zero attached hydrogens (tertiary/aromatic N) is 2. The Hall–Kier alpha value is -3.42. The number of esters is 1. The molecule has 2 aromatic rings. The van der Waals surface area contributed by atoms with E-state index in [9.17, 15) is 14.4 Å². The molecule has 1 aliphatic heterocycles. The molecular weight excluding hydrogens is 396 g/mol. The number of hydrogen-bond acceptors (Lipinski definition) is 5. The number of H-pyrrole nitrogens is 1. The van der Waals surface area contributed by atoms with Gasteiger partial charge in [0.1, 0.15) is 5.56 Å². The number of amides is 2.